The molecule has 6 heteroatoms. The standard InChI is InChI=1S/C15H25NO4S/c1-5-20-15-7-6-13(12(2)16-3)10-14(15)11-21(17,18)9-8-19-4/h6-7,10,12,16H,5,8-9,11H2,1-4H3. The Morgan fingerprint density at radius 1 is 1.33 bits per heavy atom. The maximum atomic E-state index is 12.1. The summed E-state index contributed by atoms with van der Waals surface area (Å²) in [5.74, 6) is 0.613. The Hall–Kier alpha value is -1.11. The van der Waals surface area contributed by atoms with Crippen LogP contribution in [0, 0.1) is 0 Å². The summed E-state index contributed by atoms with van der Waals surface area (Å²) in [6.45, 7) is 4.62. The van der Waals surface area contributed by atoms with Crippen molar-refractivity contribution in [3.63, 3.8) is 0 Å². The lowest BCUT2D eigenvalue weighted by Crippen LogP contribution is -2.16. The molecule has 0 saturated heterocycles. The van der Waals surface area contributed by atoms with E-state index in [4.69, 9.17) is 9.47 Å². The Morgan fingerprint density at radius 3 is 2.62 bits per heavy atom. The molecular formula is C15H25NO4S. The number of nitrogens with one attached hydrogen (secondary N) is 1. The third-order valence-corrected chi connectivity index (χ3v) is 4.83. The van der Waals surface area contributed by atoms with E-state index in [-0.39, 0.29) is 24.2 Å². The van der Waals surface area contributed by atoms with Gasteiger partial charge in [-0.2, -0.15) is 0 Å². The molecule has 120 valence electrons. The molecule has 0 heterocycles. The number of hydrogen-bond acceptors (Lipinski definition) is 5. The minimum absolute atomic E-state index is 0.0148. The molecular weight excluding hydrogens is 290 g/mol. The number of ether oxygens (including phenoxy) is 2. The summed E-state index contributed by atoms with van der Waals surface area (Å²) in [5.41, 5.74) is 1.74. The van der Waals surface area contributed by atoms with E-state index in [2.05, 4.69) is 5.32 Å². The molecule has 0 bridgehead atoms. The van der Waals surface area contributed by atoms with E-state index in [0.29, 0.717) is 17.9 Å². The lowest BCUT2D eigenvalue weighted by Gasteiger charge is -2.16. The molecule has 1 aromatic carbocycles. The summed E-state index contributed by atoms with van der Waals surface area (Å²) in [6.07, 6.45) is 0. The summed E-state index contributed by atoms with van der Waals surface area (Å²) in [6, 6.07) is 5.85. The van der Waals surface area contributed by atoms with Crippen LogP contribution in [0.2, 0.25) is 0 Å². The summed E-state index contributed by atoms with van der Waals surface area (Å²) < 4.78 is 34.6. The van der Waals surface area contributed by atoms with Crippen molar-refractivity contribution in [2.24, 2.45) is 0 Å². The van der Waals surface area contributed by atoms with E-state index >= 15 is 0 Å². The zero-order chi connectivity index (χ0) is 15.9. The minimum atomic E-state index is -3.21. The van der Waals surface area contributed by atoms with Crippen LogP contribution in [0.4, 0.5) is 0 Å². The highest BCUT2D eigenvalue weighted by Gasteiger charge is 2.17. The summed E-state index contributed by atoms with van der Waals surface area (Å²) in [7, 11) is 0.155. The highest BCUT2D eigenvalue weighted by molar-refractivity contribution is 7.90. The Kier molecular flexibility index (Phi) is 7.14. The molecule has 0 aliphatic heterocycles. The summed E-state index contributed by atoms with van der Waals surface area (Å²) >= 11 is 0. The van der Waals surface area contributed by atoms with Crippen LogP contribution in [0.5, 0.6) is 5.75 Å². The lowest BCUT2D eigenvalue weighted by atomic mass is 10.1. The van der Waals surface area contributed by atoms with Gasteiger partial charge in [0.2, 0.25) is 0 Å². The van der Waals surface area contributed by atoms with Gasteiger partial charge in [0.1, 0.15) is 5.75 Å². The second-order valence-corrected chi connectivity index (χ2v) is 7.08. The van der Waals surface area contributed by atoms with Crippen LogP contribution in [0.15, 0.2) is 18.2 Å². The normalized spacial score (nSPS) is 13.1. The highest BCUT2D eigenvalue weighted by atomic mass is 32.2. The number of hydrogen-bond donors (Lipinski definition) is 1. The Balaban J connectivity index is 3.05. The molecule has 0 saturated carbocycles. The quantitative estimate of drug-likeness (QED) is 0.754. The Morgan fingerprint density at radius 2 is 2.05 bits per heavy atom. The van der Waals surface area contributed by atoms with Gasteiger partial charge in [0, 0.05) is 18.7 Å². The number of methoxy groups -OCH3 is 1. The van der Waals surface area contributed by atoms with E-state index in [1.54, 1.807) is 0 Å². The van der Waals surface area contributed by atoms with Gasteiger partial charge in [0.15, 0.2) is 9.84 Å². The van der Waals surface area contributed by atoms with E-state index < -0.39 is 9.84 Å². The zero-order valence-corrected chi connectivity index (χ0v) is 14.0. The van der Waals surface area contributed by atoms with Gasteiger partial charge in [0.25, 0.3) is 0 Å². The van der Waals surface area contributed by atoms with Crippen molar-refractivity contribution >= 4 is 9.84 Å². The van der Waals surface area contributed by atoms with Crippen molar-refractivity contribution in [3.05, 3.63) is 29.3 Å². The predicted molar refractivity (Wildman–Crippen MR) is 84.5 cm³/mol. The first-order valence-corrected chi connectivity index (χ1v) is 8.88. The molecule has 0 aliphatic carbocycles. The van der Waals surface area contributed by atoms with Gasteiger partial charge >= 0.3 is 0 Å². The van der Waals surface area contributed by atoms with Gasteiger partial charge in [-0.15, -0.1) is 0 Å². The molecule has 1 rings (SSSR count). The molecule has 0 fully saturated rings. The third-order valence-electron chi connectivity index (χ3n) is 3.29. The van der Waals surface area contributed by atoms with Crippen LogP contribution in [-0.4, -0.2) is 41.5 Å². The maximum absolute atomic E-state index is 12.1. The first-order valence-electron chi connectivity index (χ1n) is 7.05. The number of sulfone groups is 1. The molecule has 0 spiro atoms. The second kappa shape index (κ2) is 8.36. The topological polar surface area (TPSA) is 64.6 Å². The third kappa shape index (κ3) is 5.65. The fourth-order valence-corrected chi connectivity index (χ4v) is 3.23. The van der Waals surface area contributed by atoms with E-state index in [9.17, 15) is 8.42 Å². The molecule has 1 aromatic rings. The van der Waals surface area contributed by atoms with Crippen LogP contribution < -0.4 is 10.1 Å². The number of benzene rings is 1. The van der Waals surface area contributed by atoms with Crippen molar-refractivity contribution in [2.75, 3.05) is 33.1 Å². The average molecular weight is 315 g/mol. The molecule has 0 radical (unpaired) electrons. The van der Waals surface area contributed by atoms with Crippen LogP contribution in [-0.2, 0) is 20.3 Å². The predicted octanol–water partition coefficient (Wildman–Crippen LogP) is 1.93. The monoisotopic (exact) mass is 315 g/mol. The number of rotatable bonds is 9. The van der Waals surface area contributed by atoms with Crippen molar-refractivity contribution in [1.29, 1.82) is 0 Å². The van der Waals surface area contributed by atoms with E-state index in [0.717, 1.165) is 5.56 Å². The fraction of sp³-hybridized carbons (Fsp3) is 0.600. The molecule has 0 aromatic heterocycles. The van der Waals surface area contributed by atoms with Gasteiger partial charge in [-0.1, -0.05) is 6.07 Å². The van der Waals surface area contributed by atoms with Crippen LogP contribution in [0.25, 0.3) is 0 Å². The highest BCUT2D eigenvalue weighted by Crippen LogP contribution is 2.25. The van der Waals surface area contributed by atoms with Gasteiger partial charge in [0.05, 0.1) is 24.7 Å². The fourth-order valence-electron chi connectivity index (χ4n) is 1.96. The lowest BCUT2D eigenvalue weighted by molar-refractivity contribution is 0.217. The Labute approximate surface area is 127 Å². The minimum Gasteiger partial charge on any atom is -0.494 e. The molecule has 0 amide bonds. The largest absolute Gasteiger partial charge is 0.494 e. The van der Waals surface area contributed by atoms with Crippen LogP contribution in [0.3, 0.4) is 0 Å². The zero-order valence-electron chi connectivity index (χ0n) is 13.2. The SMILES string of the molecule is CCOc1ccc(C(C)NC)cc1CS(=O)(=O)CCOC. The summed E-state index contributed by atoms with van der Waals surface area (Å²) in [4.78, 5) is 0. The van der Waals surface area contributed by atoms with Crippen molar-refractivity contribution in [1.82, 2.24) is 5.32 Å². The molecule has 1 atom stereocenters. The summed E-state index contributed by atoms with van der Waals surface area (Å²) in [5, 5.41) is 3.15. The second-order valence-electron chi connectivity index (χ2n) is 4.90. The smallest absolute Gasteiger partial charge is 0.156 e. The van der Waals surface area contributed by atoms with Crippen molar-refractivity contribution in [2.45, 2.75) is 25.6 Å². The first kappa shape index (κ1) is 17.9. The maximum Gasteiger partial charge on any atom is 0.156 e. The van der Waals surface area contributed by atoms with Crippen LogP contribution >= 0.6 is 0 Å². The van der Waals surface area contributed by atoms with E-state index in [1.807, 2.05) is 39.1 Å². The molecule has 5 nitrogen and oxygen atoms in total. The molecule has 1 unspecified atom stereocenters. The van der Waals surface area contributed by atoms with Gasteiger partial charge < -0.3 is 14.8 Å². The molecule has 1 N–H and O–H groups in total. The first-order chi connectivity index (χ1) is 9.93. The van der Waals surface area contributed by atoms with Gasteiger partial charge in [-0.25, -0.2) is 8.42 Å². The van der Waals surface area contributed by atoms with Gasteiger partial charge in [-0.3, -0.25) is 0 Å². The Bertz CT molecular complexity index is 543. The average Bonchev–Trinajstić information content (AvgIpc) is 2.46. The van der Waals surface area contributed by atoms with E-state index in [1.165, 1.54) is 7.11 Å². The van der Waals surface area contributed by atoms with Crippen molar-refractivity contribution in [3.8, 4) is 5.75 Å². The van der Waals surface area contributed by atoms with Crippen molar-refractivity contribution < 1.29 is 17.9 Å². The molecule has 0 aliphatic rings. The van der Waals surface area contributed by atoms with Crippen LogP contribution in [0.1, 0.15) is 31.0 Å². The van der Waals surface area contributed by atoms with Gasteiger partial charge in [-0.05, 0) is 38.6 Å². The molecule has 21 heavy (non-hydrogen) atoms.